The number of hydrogen-bond donors (Lipinski definition) is 0. The van der Waals surface area contributed by atoms with Crippen molar-refractivity contribution in [1.29, 1.82) is 0 Å². The van der Waals surface area contributed by atoms with Crippen LogP contribution in [0.2, 0.25) is 0 Å². The van der Waals surface area contributed by atoms with Gasteiger partial charge in [0.1, 0.15) is 13.2 Å². The van der Waals surface area contributed by atoms with Gasteiger partial charge in [0.2, 0.25) is 0 Å². The molecule has 82 heavy (non-hydrogen) atoms. The second kappa shape index (κ2) is 65.0. The number of hydrogen-bond acceptors (Lipinski definition) is 8. The zero-order chi connectivity index (χ0) is 59.8. The molecule has 2 unspecified atom stereocenters. The van der Waals surface area contributed by atoms with E-state index >= 15 is 0 Å². The van der Waals surface area contributed by atoms with Crippen LogP contribution in [-0.4, -0.2) is 82.3 Å². The van der Waals surface area contributed by atoms with E-state index in [-0.39, 0.29) is 32.2 Å². The van der Waals surface area contributed by atoms with E-state index in [1.807, 2.05) is 21.1 Å². The average molecular weight is 1160 g/mol. The first-order valence-corrected chi connectivity index (χ1v) is 36.3. The van der Waals surface area contributed by atoms with E-state index in [1.165, 1.54) is 315 Å². The van der Waals surface area contributed by atoms with Crippen LogP contribution >= 0.6 is 0 Å². The highest BCUT2D eigenvalue weighted by atomic mass is 16.7. The summed E-state index contributed by atoms with van der Waals surface area (Å²) in [5, 5.41) is 11.8. The lowest BCUT2D eigenvalue weighted by molar-refractivity contribution is -0.870. The number of allylic oxidation sites excluding steroid dienone is 2. The lowest BCUT2D eigenvalue weighted by atomic mass is 10.0. The molecule has 0 saturated heterocycles. The molecular weight excluding hydrogens is 1020 g/mol. The summed E-state index contributed by atoms with van der Waals surface area (Å²) in [7, 11) is 5.95. The topological polar surface area (TPSA) is 111 Å². The Bertz CT molecular complexity index is 1350. The first-order chi connectivity index (χ1) is 40.1. The standard InChI is InChI=1S/C73H141NO8/c1-6-8-10-12-14-16-18-20-22-24-26-28-30-32-34-36-38-40-42-44-46-48-50-52-54-56-58-60-62-64-71(76)82-69(68-81-73(72(77)78)79-66-65-74(3,4)5)67-80-70(75)63-61-59-57-55-53-51-49-47-45-43-41-39-37-35-33-31-29-27-25-23-21-19-17-15-13-11-9-7-2/h24,26,69,73H,6-23,25,27-68H2,1-5H3/b26-24-. The minimum atomic E-state index is -1.62. The summed E-state index contributed by atoms with van der Waals surface area (Å²) in [6.07, 6.45) is 75.9. The number of ether oxygens (including phenoxy) is 4. The Morgan fingerprint density at radius 3 is 0.902 bits per heavy atom. The number of aliphatic carboxylic acids is 1. The van der Waals surface area contributed by atoms with Gasteiger partial charge in [-0.3, -0.25) is 9.59 Å². The number of esters is 2. The molecule has 9 nitrogen and oxygen atoms in total. The lowest BCUT2D eigenvalue weighted by Crippen LogP contribution is -2.44. The van der Waals surface area contributed by atoms with Gasteiger partial charge < -0.3 is 33.3 Å². The first-order valence-electron chi connectivity index (χ1n) is 36.3. The molecule has 0 aromatic rings. The average Bonchev–Trinajstić information content (AvgIpc) is 3.47. The molecule has 0 fully saturated rings. The predicted octanol–water partition coefficient (Wildman–Crippen LogP) is 21.1. The molecule has 0 aromatic carbocycles. The normalized spacial score (nSPS) is 12.6. The molecule has 0 heterocycles. The van der Waals surface area contributed by atoms with Crippen LogP contribution in [0.4, 0.5) is 0 Å². The van der Waals surface area contributed by atoms with E-state index in [1.54, 1.807) is 0 Å². The van der Waals surface area contributed by atoms with Crippen molar-refractivity contribution in [3.05, 3.63) is 12.2 Å². The van der Waals surface area contributed by atoms with E-state index in [0.29, 0.717) is 17.4 Å². The van der Waals surface area contributed by atoms with Crippen LogP contribution in [0, 0.1) is 0 Å². The van der Waals surface area contributed by atoms with Gasteiger partial charge in [-0.1, -0.05) is 341 Å². The third-order valence-electron chi connectivity index (χ3n) is 16.8. The summed E-state index contributed by atoms with van der Waals surface area (Å²) < 4.78 is 22.8. The predicted molar refractivity (Wildman–Crippen MR) is 348 cm³/mol. The number of carbonyl (C=O) groups is 3. The highest BCUT2D eigenvalue weighted by Gasteiger charge is 2.22. The number of carbonyl (C=O) groups excluding carboxylic acids is 3. The Morgan fingerprint density at radius 2 is 0.622 bits per heavy atom. The third-order valence-corrected chi connectivity index (χ3v) is 16.8. The van der Waals surface area contributed by atoms with Crippen molar-refractivity contribution in [3.63, 3.8) is 0 Å². The minimum Gasteiger partial charge on any atom is -0.545 e. The zero-order valence-corrected chi connectivity index (χ0v) is 55.7. The molecule has 0 saturated carbocycles. The number of quaternary nitrogens is 1. The molecule has 0 aliphatic carbocycles. The second-order valence-corrected chi connectivity index (χ2v) is 26.2. The van der Waals surface area contributed by atoms with Crippen molar-refractivity contribution in [3.8, 4) is 0 Å². The van der Waals surface area contributed by atoms with Crippen LogP contribution in [0.3, 0.4) is 0 Å². The Kier molecular flexibility index (Phi) is 63.5. The first kappa shape index (κ1) is 80.0. The molecule has 0 spiro atoms. The van der Waals surface area contributed by atoms with E-state index in [4.69, 9.17) is 18.9 Å². The molecule has 0 amide bonds. The molecule has 9 heteroatoms. The van der Waals surface area contributed by atoms with Crippen LogP contribution < -0.4 is 5.11 Å². The van der Waals surface area contributed by atoms with Gasteiger partial charge in [-0.05, 0) is 38.5 Å². The van der Waals surface area contributed by atoms with Crippen molar-refractivity contribution in [2.75, 3.05) is 47.5 Å². The number of rotatable bonds is 69. The van der Waals surface area contributed by atoms with Crippen molar-refractivity contribution >= 4 is 17.9 Å². The molecular formula is C73H141NO8. The fourth-order valence-corrected chi connectivity index (χ4v) is 11.2. The molecule has 0 N–H and O–H groups in total. The Labute approximate surface area is 510 Å². The van der Waals surface area contributed by atoms with Crippen molar-refractivity contribution < 1.29 is 42.9 Å². The Hall–Kier alpha value is -1.97. The van der Waals surface area contributed by atoms with E-state index in [9.17, 15) is 19.5 Å². The van der Waals surface area contributed by atoms with Gasteiger partial charge in [0.15, 0.2) is 12.4 Å². The second-order valence-electron chi connectivity index (χ2n) is 26.2. The Morgan fingerprint density at radius 1 is 0.354 bits per heavy atom. The molecule has 0 aromatic heterocycles. The lowest BCUT2D eigenvalue weighted by Gasteiger charge is -2.26. The van der Waals surface area contributed by atoms with Gasteiger partial charge in [0, 0.05) is 12.8 Å². The minimum absolute atomic E-state index is 0.152. The highest BCUT2D eigenvalue weighted by Crippen LogP contribution is 2.19. The van der Waals surface area contributed by atoms with Crippen LogP contribution in [0.15, 0.2) is 12.2 Å². The zero-order valence-electron chi connectivity index (χ0n) is 55.7. The number of nitrogens with zero attached hydrogens (tertiary/aromatic N) is 1. The summed E-state index contributed by atoms with van der Waals surface area (Å²) in [6, 6.07) is 0. The molecule has 486 valence electrons. The van der Waals surface area contributed by atoms with Gasteiger partial charge in [-0.2, -0.15) is 0 Å². The maximum absolute atomic E-state index is 12.9. The number of carboxylic acid groups (broad SMARTS) is 1. The fourth-order valence-electron chi connectivity index (χ4n) is 11.2. The molecule has 0 radical (unpaired) electrons. The van der Waals surface area contributed by atoms with Gasteiger partial charge in [0.05, 0.1) is 40.3 Å². The summed E-state index contributed by atoms with van der Waals surface area (Å²) in [5.74, 6) is -2.25. The van der Waals surface area contributed by atoms with Gasteiger partial charge in [-0.25, -0.2) is 0 Å². The van der Waals surface area contributed by atoms with Crippen molar-refractivity contribution in [1.82, 2.24) is 0 Å². The van der Waals surface area contributed by atoms with Gasteiger partial charge in [-0.15, -0.1) is 0 Å². The van der Waals surface area contributed by atoms with Crippen LogP contribution in [-0.2, 0) is 33.3 Å². The fraction of sp³-hybridized carbons (Fsp3) is 0.932. The third kappa shape index (κ3) is 65.6. The highest BCUT2D eigenvalue weighted by molar-refractivity contribution is 5.70. The smallest absolute Gasteiger partial charge is 0.306 e. The van der Waals surface area contributed by atoms with Crippen LogP contribution in [0.1, 0.15) is 380 Å². The largest absolute Gasteiger partial charge is 0.545 e. The monoisotopic (exact) mass is 1160 g/mol. The molecule has 2 atom stereocenters. The molecule has 0 aliphatic heterocycles. The summed E-state index contributed by atoms with van der Waals surface area (Å²) >= 11 is 0. The molecule has 0 bridgehead atoms. The maximum atomic E-state index is 12.9. The van der Waals surface area contributed by atoms with Crippen LogP contribution in [0.5, 0.6) is 0 Å². The van der Waals surface area contributed by atoms with E-state index in [2.05, 4.69) is 26.0 Å². The van der Waals surface area contributed by atoms with E-state index in [0.717, 1.165) is 38.5 Å². The summed E-state index contributed by atoms with van der Waals surface area (Å²) in [4.78, 5) is 37.5. The quantitative estimate of drug-likeness (QED) is 0.0195. The summed E-state index contributed by atoms with van der Waals surface area (Å²) in [5.41, 5.74) is 0. The Balaban J connectivity index is 4.03. The maximum Gasteiger partial charge on any atom is 0.306 e. The molecule has 0 rings (SSSR count). The van der Waals surface area contributed by atoms with Crippen LogP contribution in [0.25, 0.3) is 0 Å². The number of unbranched alkanes of at least 4 members (excludes halogenated alkanes) is 52. The number of carboxylic acids is 1. The summed E-state index contributed by atoms with van der Waals surface area (Å²) in [6.45, 7) is 4.84. The van der Waals surface area contributed by atoms with Gasteiger partial charge in [0.25, 0.3) is 0 Å². The van der Waals surface area contributed by atoms with Crippen molar-refractivity contribution in [2.24, 2.45) is 0 Å². The van der Waals surface area contributed by atoms with Crippen molar-refractivity contribution in [2.45, 2.75) is 392 Å². The number of likely N-dealkylation sites (N-methyl/N-ethyl adjacent to an activating group) is 1. The van der Waals surface area contributed by atoms with E-state index < -0.39 is 24.3 Å². The van der Waals surface area contributed by atoms with Gasteiger partial charge >= 0.3 is 11.9 Å². The molecule has 0 aliphatic rings. The SMILES string of the molecule is CCCCCCCCCC/C=C\CCCCCCCCCCCCCCCCCCCC(=O)OC(COC(=O)CCCCCCCCCCCCCCCCCCCCCCCCCCCCCC)COC(OCC[N+](C)(C)C)C(=O)[O-].